The van der Waals surface area contributed by atoms with E-state index in [1.165, 1.54) is 12.8 Å². The molecule has 1 aromatic rings. The van der Waals surface area contributed by atoms with E-state index in [0.717, 1.165) is 12.8 Å². The molecule has 4 N–H and O–H groups in total. The summed E-state index contributed by atoms with van der Waals surface area (Å²) in [5, 5.41) is 3.28. The SMILES string of the molecule is CCOc1nc(NN)nc(NC2CCCC2)n1. The first kappa shape index (κ1) is 11.8. The van der Waals surface area contributed by atoms with Crippen molar-refractivity contribution in [3.63, 3.8) is 0 Å². The van der Waals surface area contributed by atoms with Crippen LogP contribution >= 0.6 is 0 Å². The maximum Gasteiger partial charge on any atom is 0.323 e. The summed E-state index contributed by atoms with van der Waals surface area (Å²) in [6, 6.07) is 0.730. The summed E-state index contributed by atoms with van der Waals surface area (Å²) < 4.78 is 5.26. The number of hydrogen-bond donors (Lipinski definition) is 3. The maximum atomic E-state index is 5.31. The van der Waals surface area contributed by atoms with Gasteiger partial charge in [0, 0.05) is 6.04 Å². The fourth-order valence-corrected chi connectivity index (χ4v) is 1.93. The van der Waals surface area contributed by atoms with Crippen LogP contribution in [0.25, 0.3) is 0 Å². The van der Waals surface area contributed by atoms with Crippen molar-refractivity contribution in [3.8, 4) is 6.01 Å². The average molecular weight is 238 g/mol. The minimum Gasteiger partial charge on any atom is -0.464 e. The normalized spacial score (nSPS) is 15.9. The van der Waals surface area contributed by atoms with E-state index in [-0.39, 0.29) is 6.01 Å². The molecule has 1 aliphatic carbocycles. The predicted octanol–water partition coefficient (Wildman–Crippen LogP) is 0.910. The fraction of sp³-hybridized carbons (Fsp3) is 0.700. The molecule has 0 aromatic carbocycles. The molecule has 0 bridgehead atoms. The topological polar surface area (TPSA) is 98.0 Å². The van der Waals surface area contributed by atoms with E-state index in [0.29, 0.717) is 24.5 Å². The molecule has 7 heteroatoms. The van der Waals surface area contributed by atoms with Crippen molar-refractivity contribution in [1.82, 2.24) is 15.0 Å². The van der Waals surface area contributed by atoms with Gasteiger partial charge in [-0.05, 0) is 19.8 Å². The molecule has 0 radical (unpaired) electrons. The second-order valence-electron chi connectivity index (χ2n) is 3.97. The summed E-state index contributed by atoms with van der Waals surface area (Å²) in [4.78, 5) is 12.3. The predicted molar refractivity (Wildman–Crippen MR) is 64.7 cm³/mol. The summed E-state index contributed by atoms with van der Waals surface area (Å²) >= 11 is 0. The van der Waals surface area contributed by atoms with Gasteiger partial charge >= 0.3 is 6.01 Å². The van der Waals surface area contributed by atoms with Crippen LogP contribution in [0.5, 0.6) is 6.01 Å². The van der Waals surface area contributed by atoms with Crippen molar-refractivity contribution >= 4 is 11.9 Å². The number of nitrogens with two attached hydrogens (primary N) is 1. The lowest BCUT2D eigenvalue weighted by atomic mass is 10.3. The molecule has 0 amide bonds. The molecule has 1 heterocycles. The second-order valence-corrected chi connectivity index (χ2v) is 3.97. The van der Waals surface area contributed by atoms with E-state index in [1.54, 1.807) is 0 Å². The Morgan fingerprint density at radius 2 is 1.94 bits per heavy atom. The Morgan fingerprint density at radius 1 is 1.24 bits per heavy atom. The summed E-state index contributed by atoms with van der Waals surface area (Å²) in [6.45, 7) is 2.39. The van der Waals surface area contributed by atoms with Crippen molar-refractivity contribution < 1.29 is 4.74 Å². The number of nitrogen functional groups attached to an aromatic ring is 1. The Morgan fingerprint density at radius 3 is 2.59 bits per heavy atom. The Kier molecular flexibility index (Phi) is 3.92. The molecule has 1 saturated carbocycles. The van der Waals surface area contributed by atoms with Gasteiger partial charge in [0.1, 0.15) is 0 Å². The Hall–Kier alpha value is -1.63. The zero-order valence-corrected chi connectivity index (χ0v) is 9.94. The summed E-state index contributed by atoms with van der Waals surface area (Å²) in [7, 11) is 0. The van der Waals surface area contributed by atoms with Gasteiger partial charge < -0.3 is 10.1 Å². The van der Waals surface area contributed by atoms with E-state index in [4.69, 9.17) is 10.6 Å². The number of rotatable bonds is 5. The molecule has 0 atom stereocenters. The molecule has 1 fully saturated rings. The molecule has 1 aromatic heterocycles. The van der Waals surface area contributed by atoms with Gasteiger partial charge in [-0.3, -0.25) is 5.43 Å². The minimum atomic E-state index is 0.288. The van der Waals surface area contributed by atoms with E-state index in [2.05, 4.69) is 25.7 Å². The summed E-state index contributed by atoms with van der Waals surface area (Å²) in [5.74, 6) is 6.13. The number of ether oxygens (including phenoxy) is 1. The maximum absolute atomic E-state index is 5.31. The quantitative estimate of drug-likeness (QED) is 0.518. The van der Waals surface area contributed by atoms with Crippen molar-refractivity contribution in [3.05, 3.63) is 0 Å². The largest absolute Gasteiger partial charge is 0.464 e. The van der Waals surface area contributed by atoms with Crippen LogP contribution in [-0.2, 0) is 0 Å². The number of aromatic nitrogens is 3. The van der Waals surface area contributed by atoms with Crippen molar-refractivity contribution in [2.75, 3.05) is 17.3 Å². The fourth-order valence-electron chi connectivity index (χ4n) is 1.93. The van der Waals surface area contributed by atoms with E-state index in [9.17, 15) is 0 Å². The number of nitrogens with zero attached hydrogens (tertiary/aromatic N) is 3. The third-order valence-electron chi connectivity index (χ3n) is 2.71. The van der Waals surface area contributed by atoms with Gasteiger partial charge in [-0.25, -0.2) is 5.84 Å². The van der Waals surface area contributed by atoms with Crippen LogP contribution in [-0.4, -0.2) is 27.6 Å². The molecular weight excluding hydrogens is 220 g/mol. The Labute approximate surface area is 100 Å². The molecule has 0 spiro atoms. The molecule has 0 unspecified atom stereocenters. The standard InChI is InChI=1S/C10H18N6O/c1-2-17-10-14-8(13-9(15-10)16-11)12-7-5-3-4-6-7/h7H,2-6,11H2,1H3,(H2,12,13,14,15,16). The van der Waals surface area contributed by atoms with Crippen LogP contribution in [0.4, 0.5) is 11.9 Å². The highest BCUT2D eigenvalue weighted by molar-refractivity contribution is 5.35. The average Bonchev–Trinajstić information content (AvgIpc) is 2.82. The molecule has 7 nitrogen and oxygen atoms in total. The second kappa shape index (κ2) is 5.62. The molecule has 2 rings (SSSR count). The molecule has 1 aliphatic rings. The first-order valence-corrected chi connectivity index (χ1v) is 5.94. The van der Waals surface area contributed by atoms with Gasteiger partial charge in [-0.2, -0.15) is 15.0 Å². The smallest absolute Gasteiger partial charge is 0.323 e. The van der Waals surface area contributed by atoms with Gasteiger partial charge in [0.25, 0.3) is 0 Å². The van der Waals surface area contributed by atoms with Crippen LogP contribution in [0.2, 0.25) is 0 Å². The van der Waals surface area contributed by atoms with Crippen LogP contribution in [0.3, 0.4) is 0 Å². The van der Waals surface area contributed by atoms with Crippen LogP contribution < -0.4 is 21.3 Å². The summed E-state index contributed by atoms with van der Waals surface area (Å²) in [5.41, 5.74) is 2.41. The van der Waals surface area contributed by atoms with Crippen LogP contribution in [0.15, 0.2) is 0 Å². The first-order chi connectivity index (χ1) is 8.31. The highest BCUT2D eigenvalue weighted by Gasteiger charge is 2.16. The molecule has 94 valence electrons. The van der Waals surface area contributed by atoms with Gasteiger partial charge in [-0.15, -0.1) is 0 Å². The molecule has 0 saturated heterocycles. The van der Waals surface area contributed by atoms with E-state index in [1.807, 2.05) is 6.92 Å². The number of hydrogen-bond acceptors (Lipinski definition) is 7. The lowest BCUT2D eigenvalue weighted by molar-refractivity contribution is 0.312. The van der Waals surface area contributed by atoms with Gasteiger partial charge in [0.15, 0.2) is 0 Å². The minimum absolute atomic E-state index is 0.288. The van der Waals surface area contributed by atoms with Gasteiger partial charge in [0.2, 0.25) is 11.9 Å². The van der Waals surface area contributed by atoms with Gasteiger partial charge in [-0.1, -0.05) is 12.8 Å². The lowest BCUT2D eigenvalue weighted by Crippen LogP contribution is -2.19. The molecular formula is C10H18N6O. The third-order valence-corrected chi connectivity index (χ3v) is 2.71. The van der Waals surface area contributed by atoms with E-state index < -0.39 is 0 Å². The zero-order valence-electron chi connectivity index (χ0n) is 9.94. The van der Waals surface area contributed by atoms with Gasteiger partial charge in [0.05, 0.1) is 6.61 Å². The zero-order chi connectivity index (χ0) is 12.1. The molecule has 0 aliphatic heterocycles. The third kappa shape index (κ3) is 3.16. The highest BCUT2D eigenvalue weighted by Crippen LogP contribution is 2.21. The van der Waals surface area contributed by atoms with Crippen molar-refractivity contribution in [2.45, 2.75) is 38.6 Å². The van der Waals surface area contributed by atoms with Crippen LogP contribution in [0.1, 0.15) is 32.6 Å². The highest BCUT2D eigenvalue weighted by atomic mass is 16.5. The van der Waals surface area contributed by atoms with E-state index >= 15 is 0 Å². The Balaban J connectivity index is 2.10. The Bertz CT molecular complexity index is 366. The van der Waals surface area contributed by atoms with Crippen molar-refractivity contribution in [2.24, 2.45) is 5.84 Å². The number of anilines is 2. The lowest BCUT2D eigenvalue weighted by Gasteiger charge is -2.12. The first-order valence-electron chi connectivity index (χ1n) is 5.94. The summed E-state index contributed by atoms with van der Waals surface area (Å²) in [6.07, 6.45) is 4.81. The number of hydrazine groups is 1. The molecule has 17 heavy (non-hydrogen) atoms. The van der Waals surface area contributed by atoms with Crippen molar-refractivity contribution in [1.29, 1.82) is 0 Å². The van der Waals surface area contributed by atoms with Crippen LogP contribution in [0, 0.1) is 0 Å². The monoisotopic (exact) mass is 238 g/mol. The number of nitrogens with one attached hydrogen (secondary N) is 2.